The fourth-order valence-corrected chi connectivity index (χ4v) is 1.85. The van der Waals surface area contributed by atoms with E-state index in [1.807, 2.05) is 6.92 Å². The van der Waals surface area contributed by atoms with E-state index < -0.39 is 6.10 Å². The zero-order valence-electron chi connectivity index (χ0n) is 9.41. The minimum absolute atomic E-state index is 0.251. The molecule has 0 spiro atoms. The Hall–Kier alpha value is -0.640. The molecule has 2 unspecified atom stereocenters. The predicted octanol–water partition coefficient (Wildman–Crippen LogP) is 2.81. The van der Waals surface area contributed by atoms with Crippen LogP contribution >= 0.6 is 11.6 Å². The lowest BCUT2D eigenvalue weighted by Crippen LogP contribution is -2.29. The molecule has 4 heteroatoms. The minimum atomic E-state index is -0.672. The van der Waals surface area contributed by atoms with Crippen LogP contribution in [0.4, 0.5) is 4.39 Å². The first-order valence-electron chi connectivity index (χ1n) is 5.23. The maximum Gasteiger partial charge on any atom is 0.123 e. The van der Waals surface area contributed by atoms with Crippen molar-refractivity contribution in [2.45, 2.75) is 32.0 Å². The molecule has 0 aliphatic carbocycles. The van der Waals surface area contributed by atoms with Crippen LogP contribution in [-0.4, -0.2) is 24.4 Å². The van der Waals surface area contributed by atoms with Crippen LogP contribution in [0.5, 0.6) is 0 Å². The van der Waals surface area contributed by atoms with Gasteiger partial charge in [0, 0.05) is 18.6 Å². The molecule has 0 heterocycles. The molecule has 16 heavy (non-hydrogen) atoms. The molecular formula is C12H16ClFO2. The Bertz CT molecular complexity index is 340. The summed E-state index contributed by atoms with van der Waals surface area (Å²) in [7, 11) is 1.55. The third-order valence-corrected chi connectivity index (χ3v) is 2.94. The van der Waals surface area contributed by atoms with E-state index in [9.17, 15) is 9.50 Å². The number of ether oxygens (including phenoxy) is 1. The Balaban J connectivity index is 2.75. The highest BCUT2D eigenvalue weighted by molar-refractivity contribution is 6.31. The molecule has 0 saturated carbocycles. The average molecular weight is 247 g/mol. The van der Waals surface area contributed by atoms with Gasteiger partial charge in [-0.1, -0.05) is 18.5 Å². The van der Waals surface area contributed by atoms with Crippen molar-refractivity contribution in [3.8, 4) is 0 Å². The molecule has 1 N–H and O–H groups in total. The number of hydrogen-bond donors (Lipinski definition) is 1. The Morgan fingerprint density at radius 1 is 1.50 bits per heavy atom. The van der Waals surface area contributed by atoms with E-state index in [4.69, 9.17) is 16.3 Å². The van der Waals surface area contributed by atoms with Crippen LogP contribution in [0.1, 0.15) is 18.9 Å². The summed E-state index contributed by atoms with van der Waals surface area (Å²) < 4.78 is 18.1. The normalized spacial score (nSPS) is 14.8. The number of hydrogen-bond acceptors (Lipinski definition) is 2. The highest BCUT2D eigenvalue weighted by Crippen LogP contribution is 2.20. The van der Waals surface area contributed by atoms with Gasteiger partial charge >= 0.3 is 0 Å². The van der Waals surface area contributed by atoms with Crippen LogP contribution in [0.25, 0.3) is 0 Å². The van der Waals surface area contributed by atoms with Crippen LogP contribution in [0.2, 0.25) is 5.02 Å². The molecule has 0 bridgehead atoms. The van der Waals surface area contributed by atoms with Gasteiger partial charge in [-0.15, -0.1) is 0 Å². The van der Waals surface area contributed by atoms with Gasteiger partial charge in [-0.3, -0.25) is 0 Å². The zero-order chi connectivity index (χ0) is 12.1. The molecule has 0 aliphatic rings. The molecule has 2 nitrogen and oxygen atoms in total. The maximum atomic E-state index is 13.0. The van der Waals surface area contributed by atoms with Gasteiger partial charge in [-0.2, -0.15) is 0 Å². The number of halogens is 2. The van der Waals surface area contributed by atoms with Crippen LogP contribution in [0.15, 0.2) is 18.2 Å². The van der Waals surface area contributed by atoms with Gasteiger partial charge in [-0.05, 0) is 30.2 Å². The fraction of sp³-hybridized carbons (Fsp3) is 0.500. The topological polar surface area (TPSA) is 29.5 Å². The van der Waals surface area contributed by atoms with E-state index >= 15 is 0 Å². The fourth-order valence-electron chi connectivity index (χ4n) is 1.65. The summed E-state index contributed by atoms with van der Waals surface area (Å²) in [6.45, 7) is 1.92. The summed E-state index contributed by atoms with van der Waals surface area (Å²) in [6.07, 6.45) is 0.0710. The first kappa shape index (κ1) is 13.4. The van der Waals surface area contributed by atoms with Gasteiger partial charge in [0.25, 0.3) is 0 Å². The van der Waals surface area contributed by atoms with Crippen molar-refractivity contribution in [3.05, 3.63) is 34.6 Å². The summed E-state index contributed by atoms with van der Waals surface area (Å²) in [5.41, 5.74) is 0.602. The molecule has 0 aromatic heterocycles. The monoisotopic (exact) mass is 246 g/mol. The molecular weight excluding hydrogens is 231 g/mol. The molecule has 0 radical (unpaired) electrons. The molecule has 0 aliphatic heterocycles. The smallest absolute Gasteiger partial charge is 0.123 e. The Labute approximate surface area is 100.0 Å². The molecule has 1 aromatic carbocycles. The van der Waals surface area contributed by atoms with Crippen LogP contribution in [0.3, 0.4) is 0 Å². The number of benzene rings is 1. The summed E-state index contributed by atoms with van der Waals surface area (Å²) in [6, 6.07) is 4.13. The van der Waals surface area contributed by atoms with E-state index in [0.717, 1.165) is 0 Å². The average Bonchev–Trinajstić information content (AvgIpc) is 2.25. The Kier molecular flexibility index (Phi) is 5.19. The molecule has 0 saturated heterocycles. The number of rotatable bonds is 5. The lowest BCUT2D eigenvalue weighted by molar-refractivity contribution is -0.0128. The molecule has 2 atom stereocenters. The van der Waals surface area contributed by atoms with E-state index in [1.165, 1.54) is 18.2 Å². The maximum absolute atomic E-state index is 13.0. The van der Waals surface area contributed by atoms with Crippen molar-refractivity contribution in [3.63, 3.8) is 0 Å². The molecule has 0 amide bonds. The standard InChI is InChI=1S/C12H16ClFO2/c1-3-12(16-2)11(15)7-8-6-9(14)4-5-10(8)13/h4-6,11-12,15H,3,7H2,1-2H3. The lowest BCUT2D eigenvalue weighted by atomic mass is 10.0. The zero-order valence-corrected chi connectivity index (χ0v) is 10.2. The van der Waals surface area contributed by atoms with Gasteiger partial charge < -0.3 is 9.84 Å². The summed E-state index contributed by atoms with van der Waals surface area (Å²) in [5, 5.41) is 10.3. The van der Waals surface area contributed by atoms with Crippen molar-refractivity contribution in [1.29, 1.82) is 0 Å². The number of methoxy groups -OCH3 is 1. The van der Waals surface area contributed by atoms with Crippen molar-refractivity contribution >= 4 is 11.6 Å². The van der Waals surface area contributed by atoms with Crippen LogP contribution in [-0.2, 0) is 11.2 Å². The summed E-state index contributed by atoms with van der Waals surface area (Å²) >= 11 is 5.91. The highest BCUT2D eigenvalue weighted by atomic mass is 35.5. The Morgan fingerprint density at radius 3 is 2.75 bits per heavy atom. The third kappa shape index (κ3) is 3.44. The highest BCUT2D eigenvalue weighted by Gasteiger charge is 2.18. The van der Waals surface area contributed by atoms with E-state index in [1.54, 1.807) is 7.11 Å². The number of aliphatic hydroxyl groups is 1. The molecule has 1 aromatic rings. The summed E-state index contributed by atoms with van der Waals surface area (Å²) in [4.78, 5) is 0. The van der Waals surface area contributed by atoms with Crippen molar-refractivity contribution in [2.75, 3.05) is 7.11 Å². The van der Waals surface area contributed by atoms with E-state index in [0.29, 0.717) is 23.4 Å². The first-order chi connectivity index (χ1) is 7.58. The van der Waals surface area contributed by atoms with Gasteiger partial charge in [0.2, 0.25) is 0 Å². The number of aliphatic hydroxyl groups excluding tert-OH is 1. The second-order valence-electron chi connectivity index (χ2n) is 3.69. The second-order valence-corrected chi connectivity index (χ2v) is 4.10. The largest absolute Gasteiger partial charge is 0.390 e. The van der Waals surface area contributed by atoms with Crippen LogP contribution < -0.4 is 0 Å². The first-order valence-corrected chi connectivity index (χ1v) is 5.61. The lowest BCUT2D eigenvalue weighted by Gasteiger charge is -2.20. The summed E-state index contributed by atoms with van der Waals surface area (Å²) in [5.74, 6) is -0.350. The minimum Gasteiger partial charge on any atom is -0.390 e. The van der Waals surface area contributed by atoms with E-state index in [-0.39, 0.29) is 11.9 Å². The third-order valence-electron chi connectivity index (χ3n) is 2.57. The van der Waals surface area contributed by atoms with Crippen LogP contribution in [0, 0.1) is 5.82 Å². The second kappa shape index (κ2) is 6.18. The quantitative estimate of drug-likeness (QED) is 0.866. The van der Waals surface area contributed by atoms with Gasteiger partial charge in [0.05, 0.1) is 12.2 Å². The van der Waals surface area contributed by atoms with Gasteiger partial charge in [0.1, 0.15) is 5.82 Å². The molecule has 0 fully saturated rings. The predicted molar refractivity (Wildman–Crippen MR) is 62.2 cm³/mol. The molecule has 90 valence electrons. The van der Waals surface area contributed by atoms with E-state index in [2.05, 4.69) is 0 Å². The SMILES string of the molecule is CCC(OC)C(O)Cc1cc(F)ccc1Cl. The van der Waals surface area contributed by atoms with Gasteiger partial charge in [0.15, 0.2) is 0 Å². The Morgan fingerprint density at radius 2 is 2.19 bits per heavy atom. The molecule has 1 rings (SSSR count). The van der Waals surface area contributed by atoms with Crippen molar-refractivity contribution in [2.24, 2.45) is 0 Å². The van der Waals surface area contributed by atoms with Crippen molar-refractivity contribution < 1.29 is 14.2 Å². The van der Waals surface area contributed by atoms with Gasteiger partial charge in [-0.25, -0.2) is 4.39 Å². The van der Waals surface area contributed by atoms with Crippen molar-refractivity contribution in [1.82, 2.24) is 0 Å².